The fourth-order valence-electron chi connectivity index (χ4n) is 2.70. The van der Waals surface area contributed by atoms with Gasteiger partial charge in [0.2, 0.25) is 0 Å². The van der Waals surface area contributed by atoms with Crippen LogP contribution in [0.3, 0.4) is 0 Å². The third kappa shape index (κ3) is 2.29. The lowest BCUT2D eigenvalue weighted by Gasteiger charge is -2.15. The average Bonchev–Trinajstić information content (AvgIpc) is 3.06. The zero-order valence-electron chi connectivity index (χ0n) is 11.1. The summed E-state index contributed by atoms with van der Waals surface area (Å²) in [6.07, 6.45) is 1.57. The Kier molecular flexibility index (Phi) is 3.45. The highest BCUT2D eigenvalue weighted by atomic mass is 16.5. The molecule has 0 atom stereocenters. The summed E-state index contributed by atoms with van der Waals surface area (Å²) in [5.74, 6) is 0.820. The zero-order valence-corrected chi connectivity index (χ0v) is 11.1. The molecule has 0 radical (unpaired) electrons. The fraction of sp³-hybridized carbons (Fsp3) is 0.429. The van der Waals surface area contributed by atoms with Crippen molar-refractivity contribution >= 4 is 11.7 Å². The van der Waals surface area contributed by atoms with E-state index < -0.39 is 0 Å². The maximum absolute atomic E-state index is 11.4. The Morgan fingerprint density at radius 1 is 1.40 bits per heavy atom. The number of carbonyl (C=O) groups is 1. The van der Waals surface area contributed by atoms with E-state index in [1.807, 2.05) is 18.2 Å². The van der Waals surface area contributed by atoms with Crippen LogP contribution in [-0.2, 0) is 6.42 Å². The third-order valence-corrected chi connectivity index (χ3v) is 3.74. The number of ether oxygens (including phenoxy) is 1. The number of amides is 2. The van der Waals surface area contributed by atoms with Crippen molar-refractivity contribution in [3.05, 3.63) is 29.3 Å². The van der Waals surface area contributed by atoms with E-state index in [2.05, 4.69) is 10.5 Å². The van der Waals surface area contributed by atoms with Gasteiger partial charge >= 0.3 is 6.03 Å². The number of carbonyl (C=O) groups excluding carboxylic acids is 1. The number of benzene rings is 1. The Morgan fingerprint density at radius 2 is 2.30 bits per heavy atom. The third-order valence-electron chi connectivity index (χ3n) is 3.74. The Morgan fingerprint density at radius 3 is 3.05 bits per heavy atom. The first kappa shape index (κ1) is 12.8. The molecular weight excluding hydrogens is 258 g/mol. The van der Waals surface area contributed by atoms with E-state index in [4.69, 9.17) is 9.94 Å². The lowest BCUT2D eigenvalue weighted by molar-refractivity contribution is 0.202. The van der Waals surface area contributed by atoms with Crippen LogP contribution in [0.4, 0.5) is 4.79 Å². The predicted octanol–water partition coefficient (Wildman–Crippen LogP) is 1.22. The first-order chi connectivity index (χ1) is 9.79. The zero-order chi connectivity index (χ0) is 13.9. The molecule has 106 valence electrons. The summed E-state index contributed by atoms with van der Waals surface area (Å²) in [5.41, 5.74) is 2.76. The van der Waals surface area contributed by atoms with Crippen LogP contribution in [0.15, 0.2) is 23.4 Å². The van der Waals surface area contributed by atoms with E-state index >= 15 is 0 Å². The average molecular weight is 275 g/mol. The number of oxime groups is 1. The van der Waals surface area contributed by atoms with Gasteiger partial charge in [0.05, 0.1) is 12.3 Å². The molecule has 1 heterocycles. The lowest BCUT2D eigenvalue weighted by Crippen LogP contribution is -2.31. The minimum absolute atomic E-state index is 0.0263. The molecule has 0 unspecified atom stereocenters. The SMILES string of the molecule is O=C1NCCN1CCOc1cccc2c1CCC2=NO. The number of hydrogen-bond acceptors (Lipinski definition) is 4. The molecule has 1 aliphatic carbocycles. The fourth-order valence-corrected chi connectivity index (χ4v) is 2.70. The van der Waals surface area contributed by atoms with Crippen LogP contribution < -0.4 is 10.1 Å². The van der Waals surface area contributed by atoms with Gasteiger partial charge in [-0.2, -0.15) is 0 Å². The molecule has 3 rings (SSSR count). The molecule has 6 heteroatoms. The van der Waals surface area contributed by atoms with Crippen LogP contribution in [-0.4, -0.2) is 48.1 Å². The molecule has 0 aromatic heterocycles. The number of hydrogen-bond donors (Lipinski definition) is 2. The number of nitrogens with one attached hydrogen (secondary N) is 1. The van der Waals surface area contributed by atoms with Crippen LogP contribution in [0.5, 0.6) is 5.75 Å². The number of fused-ring (bicyclic) bond motifs is 1. The van der Waals surface area contributed by atoms with Crippen molar-refractivity contribution in [2.45, 2.75) is 12.8 Å². The van der Waals surface area contributed by atoms with Gasteiger partial charge in [-0.3, -0.25) is 0 Å². The normalized spacial score (nSPS) is 19.3. The van der Waals surface area contributed by atoms with Gasteiger partial charge in [0.25, 0.3) is 0 Å². The van der Waals surface area contributed by atoms with Crippen molar-refractivity contribution in [3.8, 4) is 5.75 Å². The van der Waals surface area contributed by atoms with Gasteiger partial charge in [-0.05, 0) is 18.9 Å². The molecule has 0 spiro atoms. The lowest BCUT2D eigenvalue weighted by atomic mass is 10.1. The molecule has 2 aliphatic rings. The summed E-state index contributed by atoms with van der Waals surface area (Å²) in [7, 11) is 0. The van der Waals surface area contributed by atoms with Crippen molar-refractivity contribution in [1.29, 1.82) is 0 Å². The molecule has 1 aromatic carbocycles. The van der Waals surface area contributed by atoms with Gasteiger partial charge in [-0.15, -0.1) is 0 Å². The van der Waals surface area contributed by atoms with Gasteiger partial charge in [0.15, 0.2) is 0 Å². The molecule has 20 heavy (non-hydrogen) atoms. The second-order valence-electron chi connectivity index (χ2n) is 4.90. The molecule has 1 fully saturated rings. The molecule has 1 aliphatic heterocycles. The summed E-state index contributed by atoms with van der Waals surface area (Å²) < 4.78 is 5.79. The van der Waals surface area contributed by atoms with Gasteiger partial charge in [0.1, 0.15) is 12.4 Å². The second-order valence-corrected chi connectivity index (χ2v) is 4.90. The van der Waals surface area contributed by atoms with Gasteiger partial charge in [-0.1, -0.05) is 17.3 Å². The monoisotopic (exact) mass is 275 g/mol. The molecule has 1 aromatic rings. The summed E-state index contributed by atoms with van der Waals surface area (Å²) in [4.78, 5) is 13.1. The Bertz CT molecular complexity index is 557. The largest absolute Gasteiger partial charge is 0.491 e. The van der Waals surface area contributed by atoms with E-state index in [1.54, 1.807) is 4.90 Å². The topological polar surface area (TPSA) is 74.2 Å². The summed E-state index contributed by atoms with van der Waals surface area (Å²) in [5, 5.41) is 15.0. The molecule has 6 nitrogen and oxygen atoms in total. The van der Waals surface area contributed by atoms with Crippen LogP contribution in [0.2, 0.25) is 0 Å². The summed E-state index contributed by atoms with van der Waals surface area (Å²) in [6, 6.07) is 5.73. The van der Waals surface area contributed by atoms with Gasteiger partial charge in [0, 0.05) is 24.2 Å². The molecule has 0 bridgehead atoms. The number of rotatable bonds is 4. The predicted molar refractivity (Wildman–Crippen MR) is 73.6 cm³/mol. The second kappa shape index (κ2) is 5.40. The minimum Gasteiger partial charge on any atom is -0.491 e. The smallest absolute Gasteiger partial charge is 0.317 e. The van der Waals surface area contributed by atoms with Crippen molar-refractivity contribution in [2.24, 2.45) is 5.16 Å². The number of urea groups is 1. The summed E-state index contributed by atoms with van der Waals surface area (Å²) in [6.45, 7) is 2.48. The first-order valence-corrected chi connectivity index (χ1v) is 6.78. The van der Waals surface area contributed by atoms with Gasteiger partial charge < -0.3 is 20.2 Å². The minimum atomic E-state index is -0.0263. The highest BCUT2D eigenvalue weighted by Crippen LogP contribution is 2.30. The van der Waals surface area contributed by atoms with E-state index in [-0.39, 0.29) is 6.03 Å². The highest BCUT2D eigenvalue weighted by molar-refractivity contribution is 6.04. The highest BCUT2D eigenvalue weighted by Gasteiger charge is 2.22. The maximum Gasteiger partial charge on any atom is 0.317 e. The van der Waals surface area contributed by atoms with E-state index in [0.717, 1.165) is 36.3 Å². The van der Waals surface area contributed by atoms with Crippen LogP contribution >= 0.6 is 0 Å². The Labute approximate surface area is 117 Å². The van der Waals surface area contributed by atoms with Crippen molar-refractivity contribution < 1.29 is 14.7 Å². The first-order valence-electron chi connectivity index (χ1n) is 6.78. The summed E-state index contributed by atoms with van der Waals surface area (Å²) >= 11 is 0. The number of nitrogens with zero attached hydrogens (tertiary/aromatic N) is 2. The molecule has 1 saturated heterocycles. The molecule has 2 N–H and O–H groups in total. The van der Waals surface area contributed by atoms with Crippen LogP contribution in [0.1, 0.15) is 17.5 Å². The van der Waals surface area contributed by atoms with Crippen LogP contribution in [0, 0.1) is 0 Å². The van der Waals surface area contributed by atoms with E-state index in [0.29, 0.717) is 25.4 Å². The molecule has 2 amide bonds. The van der Waals surface area contributed by atoms with Crippen molar-refractivity contribution in [2.75, 3.05) is 26.2 Å². The van der Waals surface area contributed by atoms with E-state index in [1.165, 1.54) is 0 Å². The quantitative estimate of drug-likeness (QED) is 0.641. The van der Waals surface area contributed by atoms with E-state index in [9.17, 15) is 4.79 Å². The van der Waals surface area contributed by atoms with Crippen LogP contribution in [0.25, 0.3) is 0 Å². The van der Waals surface area contributed by atoms with Crippen molar-refractivity contribution in [1.82, 2.24) is 10.2 Å². The Hall–Kier alpha value is -2.24. The molecule has 0 saturated carbocycles. The molecular formula is C14H17N3O3. The van der Waals surface area contributed by atoms with Crippen molar-refractivity contribution in [3.63, 3.8) is 0 Å². The maximum atomic E-state index is 11.4. The standard InChI is InChI=1S/C14H17N3O3/c18-14-15-6-7-17(14)8-9-20-13-3-1-2-10-11(13)4-5-12(10)16-19/h1-3,19H,4-9H2,(H,15,18). The van der Waals surface area contributed by atoms with Gasteiger partial charge in [-0.25, -0.2) is 4.79 Å². The Balaban J connectivity index is 1.64.